The molecule has 8 nitrogen and oxygen atoms in total. The van der Waals surface area contributed by atoms with Crippen molar-refractivity contribution < 1.29 is 29.3 Å². The highest BCUT2D eigenvalue weighted by Crippen LogP contribution is 2.01. The zero-order chi connectivity index (χ0) is 17.9. The standard InChI is InChI=1S/C16H18N2O6/c1-2-6-12(15(21)22)17-14(20)13(9-19)18-16(23)24-10-11-7-4-3-5-8-11/h1,3-5,7-8,12-13,19H,6,9-10H2,(H,17,20)(H,18,23)(H,21,22)/t12-,13+/m1/s1. The van der Waals surface area contributed by atoms with E-state index in [1.807, 2.05) is 6.07 Å². The van der Waals surface area contributed by atoms with Crippen LogP contribution in [0.15, 0.2) is 30.3 Å². The lowest BCUT2D eigenvalue weighted by Gasteiger charge is -2.18. The van der Waals surface area contributed by atoms with Crippen molar-refractivity contribution >= 4 is 18.0 Å². The molecule has 0 spiro atoms. The number of carboxylic acid groups (broad SMARTS) is 1. The second kappa shape index (κ2) is 9.86. The molecule has 0 saturated heterocycles. The molecule has 0 aliphatic heterocycles. The summed E-state index contributed by atoms with van der Waals surface area (Å²) in [7, 11) is 0. The molecule has 1 aromatic carbocycles. The minimum Gasteiger partial charge on any atom is -0.480 e. The minimum absolute atomic E-state index is 0.0126. The zero-order valence-electron chi connectivity index (χ0n) is 12.8. The number of hydrogen-bond donors (Lipinski definition) is 4. The van der Waals surface area contributed by atoms with Crippen molar-refractivity contribution in [1.29, 1.82) is 0 Å². The van der Waals surface area contributed by atoms with Gasteiger partial charge in [-0.1, -0.05) is 30.3 Å². The number of nitrogens with one attached hydrogen (secondary N) is 2. The van der Waals surface area contributed by atoms with Gasteiger partial charge in [0, 0.05) is 6.42 Å². The summed E-state index contributed by atoms with van der Waals surface area (Å²) in [6, 6.07) is 6.20. The maximum atomic E-state index is 11.9. The average molecular weight is 334 g/mol. The Balaban J connectivity index is 2.52. The predicted molar refractivity (Wildman–Crippen MR) is 83.7 cm³/mol. The van der Waals surface area contributed by atoms with Gasteiger partial charge in [-0.3, -0.25) is 4.79 Å². The fourth-order valence-corrected chi connectivity index (χ4v) is 1.69. The van der Waals surface area contributed by atoms with Gasteiger partial charge in [-0.2, -0.15) is 0 Å². The number of alkyl carbamates (subject to hydrolysis) is 1. The molecule has 1 aromatic rings. The number of hydrogen-bond acceptors (Lipinski definition) is 5. The van der Waals surface area contributed by atoms with E-state index in [4.69, 9.17) is 16.3 Å². The Bertz CT molecular complexity index is 611. The number of benzene rings is 1. The molecule has 24 heavy (non-hydrogen) atoms. The van der Waals surface area contributed by atoms with Gasteiger partial charge in [0.1, 0.15) is 18.7 Å². The Morgan fingerprint density at radius 3 is 2.38 bits per heavy atom. The highest BCUT2D eigenvalue weighted by atomic mass is 16.5. The largest absolute Gasteiger partial charge is 0.480 e. The number of terminal acetylenes is 1. The monoisotopic (exact) mass is 334 g/mol. The summed E-state index contributed by atoms with van der Waals surface area (Å²) >= 11 is 0. The van der Waals surface area contributed by atoms with Gasteiger partial charge in [-0.25, -0.2) is 9.59 Å². The topological polar surface area (TPSA) is 125 Å². The van der Waals surface area contributed by atoms with Crippen LogP contribution < -0.4 is 10.6 Å². The van der Waals surface area contributed by atoms with Gasteiger partial charge in [0.05, 0.1) is 6.61 Å². The Morgan fingerprint density at radius 1 is 1.17 bits per heavy atom. The second-order valence-corrected chi connectivity index (χ2v) is 4.75. The molecule has 0 unspecified atom stereocenters. The van der Waals surface area contributed by atoms with Crippen LogP contribution in [0.5, 0.6) is 0 Å². The normalized spacial score (nSPS) is 12.3. The third-order valence-corrected chi connectivity index (χ3v) is 2.94. The second-order valence-electron chi connectivity index (χ2n) is 4.75. The van der Waals surface area contributed by atoms with Crippen LogP contribution in [0.1, 0.15) is 12.0 Å². The number of ether oxygens (including phenoxy) is 1. The molecule has 0 radical (unpaired) electrons. The highest BCUT2D eigenvalue weighted by molar-refractivity contribution is 5.89. The van der Waals surface area contributed by atoms with E-state index < -0.39 is 36.7 Å². The average Bonchev–Trinajstić information content (AvgIpc) is 2.58. The number of aliphatic hydroxyl groups is 1. The van der Waals surface area contributed by atoms with Crippen molar-refractivity contribution in [1.82, 2.24) is 10.6 Å². The lowest BCUT2D eigenvalue weighted by molar-refractivity contribution is -0.142. The molecule has 8 heteroatoms. The number of aliphatic carboxylic acids is 1. The van der Waals surface area contributed by atoms with Gasteiger partial charge in [0.2, 0.25) is 5.91 Å². The first-order chi connectivity index (χ1) is 11.5. The SMILES string of the molecule is C#CC[C@@H](NC(=O)[C@H](CO)NC(=O)OCc1ccccc1)C(=O)O. The summed E-state index contributed by atoms with van der Waals surface area (Å²) in [5.74, 6) is -0.0725. The van der Waals surface area contributed by atoms with Crippen molar-refractivity contribution in [2.24, 2.45) is 0 Å². The van der Waals surface area contributed by atoms with Gasteiger partial charge in [-0.15, -0.1) is 12.3 Å². The van der Waals surface area contributed by atoms with Crippen molar-refractivity contribution in [2.45, 2.75) is 25.1 Å². The zero-order valence-corrected chi connectivity index (χ0v) is 12.8. The number of carbonyl (C=O) groups is 3. The molecule has 128 valence electrons. The van der Waals surface area contributed by atoms with E-state index in [2.05, 4.69) is 16.6 Å². The van der Waals surface area contributed by atoms with Crippen LogP contribution in [-0.4, -0.2) is 46.9 Å². The molecule has 4 N–H and O–H groups in total. The third kappa shape index (κ3) is 6.37. The Labute approximate surface area is 138 Å². The van der Waals surface area contributed by atoms with E-state index in [1.165, 1.54) is 0 Å². The number of rotatable bonds is 8. The molecule has 1 rings (SSSR count). The smallest absolute Gasteiger partial charge is 0.408 e. The fourth-order valence-electron chi connectivity index (χ4n) is 1.69. The summed E-state index contributed by atoms with van der Waals surface area (Å²) < 4.78 is 4.92. The van der Waals surface area contributed by atoms with Gasteiger partial charge in [0.15, 0.2) is 0 Å². The minimum atomic E-state index is -1.35. The quantitative estimate of drug-likeness (QED) is 0.491. The van der Waals surface area contributed by atoms with Gasteiger partial charge < -0.3 is 25.6 Å². The van der Waals surface area contributed by atoms with Gasteiger partial charge >= 0.3 is 12.1 Å². The Hall–Kier alpha value is -3.05. The van der Waals surface area contributed by atoms with Crippen LogP contribution in [0.25, 0.3) is 0 Å². The number of amides is 2. The number of carbonyl (C=O) groups excluding carboxylic acids is 2. The van der Waals surface area contributed by atoms with E-state index in [1.54, 1.807) is 24.3 Å². The lowest BCUT2D eigenvalue weighted by atomic mass is 10.2. The van der Waals surface area contributed by atoms with Gasteiger partial charge in [-0.05, 0) is 5.56 Å². The fraction of sp³-hybridized carbons (Fsp3) is 0.312. The molecule has 0 aliphatic rings. The van der Waals surface area contributed by atoms with E-state index in [0.29, 0.717) is 0 Å². The molecule has 0 aromatic heterocycles. The first-order valence-electron chi connectivity index (χ1n) is 7.02. The lowest BCUT2D eigenvalue weighted by Crippen LogP contribution is -2.53. The molecule has 0 fully saturated rings. The molecule has 0 saturated carbocycles. The summed E-state index contributed by atoms with van der Waals surface area (Å²) in [5.41, 5.74) is 0.748. The first kappa shape index (κ1) is 19.0. The van der Waals surface area contributed by atoms with Crippen LogP contribution in [0.2, 0.25) is 0 Å². The van der Waals surface area contributed by atoms with Crippen molar-refractivity contribution in [2.75, 3.05) is 6.61 Å². The molecule has 2 amide bonds. The maximum Gasteiger partial charge on any atom is 0.408 e. The van der Waals surface area contributed by atoms with Crippen molar-refractivity contribution in [3.05, 3.63) is 35.9 Å². The number of aliphatic hydroxyl groups excluding tert-OH is 1. The molecule has 0 bridgehead atoms. The molecule has 2 atom stereocenters. The molecule has 0 aliphatic carbocycles. The van der Waals surface area contributed by atoms with Crippen molar-refractivity contribution in [3.63, 3.8) is 0 Å². The van der Waals surface area contributed by atoms with E-state index >= 15 is 0 Å². The summed E-state index contributed by atoms with van der Waals surface area (Å²) in [4.78, 5) is 34.5. The Morgan fingerprint density at radius 2 is 1.83 bits per heavy atom. The van der Waals surface area contributed by atoms with Crippen LogP contribution >= 0.6 is 0 Å². The van der Waals surface area contributed by atoms with Crippen LogP contribution in [-0.2, 0) is 20.9 Å². The molecular formula is C16H18N2O6. The van der Waals surface area contributed by atoms with E-state index in [0.717, 1.165) is 5.56 Å². The van der Waals surface area contributed by atoms with Gasteiger partial charge in [0.25, 0.3) is 0 Å². The summed E-state index contributed by atoms with van der Waals surface area (Å²) in [6.45, 7) is -0.740. The third-order valence-electron chi connectivity index (χ3n) is 2.94. The summed E-state index contributed by atoms with van der Waals surface area (Å²) in [5, 5.41) is 22.4. The van der Waals surface area contributed by atoms with Crippen LogP contribution in [0.3, 0.4) is 0 Å². The summed E-state index contributed by atoms with van der Waals surface area (Å²) in [6.07, 6.45) is 3.88. The molecular weight excluding hydrogens is 316 g/mol. The van der Waals surface area contributed by atoms with Crippen LogP contribution in [0.4, 0.5) is 4.79 Å². The Kier molecular flexibility index (Phi) is 7.81. The van der Waals surface area contributed by atoms with Crippen LogP contribution in [0, 0.1) is 12.3 Å². The first-order valence-corrected chi connectivity index (χ1v) is 7.02. The van der Waals surface area contributed by atoms with E-state index in [9.17, 15) is 19.5 Å². The maximum absolute atomic E-state index is 11.9. The molecule has 0 heterocycles. The predicted octanol–water partition coefficient (Wildman–Crippen LogP) is -0.134. The van der Waals surface area contributed by atoms with Crippen molar-refractivity contribution in [3.8, 4) is 12.3 Å². The highest BCUT2D eigenvalue weighted by Gasteiger charge is 2.26. The number of carboxylic acids is 1. The van der Waals surface area contributed by atoms with E-state index in [-0.39, 0.29) is 13.0 Å².